The van der Waals surface area contributed by atoms with Gasteiger partial charge < -0.3 is 14.6 Å². The van der Waals surface area contributed by atoms with Crippen LogP contribution in [0.25, 0.3) is 11.0 Å². The maximum Gasteiger partial charge on any atom is 0.134 e. The summed E-state index contributed by atoms with van der Waals surface area (Å²) < 4.78 is 5.93. The Morgan fingerprint density at radius 1 is 1.24 bits per heavy atom. The number of nitrogens with zero attached hydrogens (tertiary/aromatic N) is 1. The Kier molecular flexibility index (Phi) is 3.82. The van der Waals surface area contributed by atoms with Gasteiger partial charge in [-0.15, -0.1) is 0 Å². The van der Waals surface area contributed by atoms with E-state index in [1.165, 1.54) is 10.9 Å². The predicted octanol–water partition coefficient (Wildman–Crippen LogP) is 2.60. The van der Waals surface area contributed by atoms with E-state index in [1.54, 1.807) is 0 Å². The maximum absolute atomic E-state index is 5.93. The summed E-state index contributed by atoms with van der Waals surface area (Å²) in [6.45, 7) is 4.81. The second-order valence-corrected chi connectivity index (χ2v) is 4.52. The standard InChI is InChI=1S/C14H20N2O/c1-4-15-9-12-11-7-5-6-8-13(11)17-14(12)10-16(2)3/h5-8,15H,4,9-10H2,1-3H3. The van der Waals surface area contributed by atoms with Crippen LogP contribution in [0.5, 0.6) is 0 Å². The Bertz CT molecular complexity index is 488. The van der Waals surface area contributed by atoms with Crippen LogP contribution in [0, 0.1) is 0 Å². The normalized spacial score (nSPS) is 11.5. The SMILES string of the molecule is CCNCc1c(CN(C)C)oc2ccccc12. The molecule has 0 spiro atoms. The minimum atomic E-state index is 0.843. The fraction of sp³-hybridized carbons (Fsp3) is 0.429. The zero-order valence-electron chi connectivity index (χ0n) is 10.8. The van der Waals surface area contributed by atoms with Crippen molar-refractivity contribution in [3.05, 3.63) is 35.6 Å². The molecule has 0 saturated heterocycles. The Labute approximate surface area is 102 Å². The van der Waals surface area contributed by atoms with Gasteiger partial charge in [0.1, 0.15) is 11.3 Å². The molecule has 0 atom stereocenters. The zero-order chi connectivity index (χ0) is 12.3. The third-order valence-electron chi connectivity index (χ3n) is 2.79. The van der Waals surface area contributed by atoms with Crippen molar-refractivity contribution in [2.75, 3.05) is 20.6 Å². The largest absolute Gasteiger partial charge is 0.459 e. The predicted molar refractivity (Wildman–Crippen MR) is 71.0 cm³/mol. The molecule has 3 heteroatoms. The number of para-hydroxylation sites is 1. The summed E-state index contributed by atoms with van der Waals surface area (Å²) in [5, 5.41) is 4.61. The van der Waals surface area contributed by atoms with E-state index in [0.717, 1.165) is 31.0 Å². The lowest BCUT2D eigenvalue weighted by Gasteiger charge is -2.09. The van der Waals surface area contributed by atoms with Crippen molar-refractivity contribution in [1.29, 1.82) is 0 Å². The lowest BCUT2D eigenvalue weighted by molar-refractivity contribution is 0.355. The molecular weight excluding hydrogens is 212 g/mol. The molecule has 17 heavy (non-hydrogen) atoms. The van der Waals surface area contributed by atoms with E-state index in [4.69, 9.17) is 4.42 Å². The summed E-state index contributed by atoms with van der Waals surface area (Å²) in [6.07, 6.45) is 0. The van der Waals surface area contributed by atoms with Crippen LogP contribution >= 0.6 is 0 Å². The highest BCUT2D eigenvalue weighted by Gasteiger charge is 2.13. The molecule has 0 aliphatic carbocycles. The van der Waals surface area contributed by atoms with Crippen LogP contribution in [0.3, 0.4) is 0 Å². The first kappa shape index (κ1) is 12.1. The Balaban J connectivity index is 2.41. The molecule has 0 amide bonds. The Morgan fingerprint density at radius 2 is 2.00 bits per heavy atom. The second kappa shape index (κ2) is 5.34. The highest BCUT2D eigenvalue weighted by atomic mass is 16.3. The summed E-state index contributed by atoms with van der Waals surface area (Å²) in [5.74, 6) is 1.07. The Hall–Kier alpha value is -1.32. The molecule has 0 unspecified atom stereocenters. The van der Waals surface area contributed by atoms with Gasteiger partial charge in [-0.25, -0.2) is 0 Å². The van der Waals surface area contributed by atoms with Crippen molar-refractivity contribution in [2.24, 2.45) is 0 Å². The van der Waals surface area contributed by atoms with Gasteiger partial charge in [0.05, 0.1) is 6.54 Å². The van der Waals surface area contributed by atoms with E-state index in [-0.39, 0.29) is 0 Å². The van der Waals surface area contributed by atoms with E-state index >= 15 is 0 Å². The van der Waals surface area contributed by atoms with Crippen LogP contribution in [0.2, 0.25) is 0 Å². The molecule has 0 saturated carbocycles. The van der Waals surface area contributed by atoms with Crippen LogP contribution in [0.4, 0.5) is 0 Å². The topological polar surface area (TPSA) is 28.4 Å². The summed E-state index contributed by atoms with van der Waals surface area (Å²) >= 11 is 0. The molecule has 1 aromatic heterocycles. The smallest absolute Gasteiger partial charge is 0.134 e. The molecule has 2 aromatic rings. The van der Waals surface area contributed by atoms with Gasteiger partial charge in [0, 0.05) is 17.5 Å². The summed E-state index contributed by atoms with van der Waals surface area (Å²) in [7, 11) is 4.12. The molecule has 1 N–H and O–H groups in total. The number of rotatable bonds is 5. The van der Waals surface area contributed by atoms with E-state index < -0.39 is 0 Å². The average molecular weight is 232 g/mol. The molecular formula is C14H20N2O. The lowest BCUT2D eigenvalue weighted by atomic mass is 10.1. The fourth-order valence-electron chi connectivity index (χ4n) is 2.01. The maximum atomic E-state index is 5.93. The van der Waals surface area contributed by atoms with Crippen molar-refractivity contribution < 1.29 is 4.42 Å². The molecule has 3 nitrogen and oxygen atoms in total. The molecule has 0 bridgehead atoms. The van der Waals surface area contributed by atoms with E-state index in [1.807, 2.05) is 12.1 Å². The quantitative estimate of drug-likeness (QED) is 0.859. The first-order valence-electron chi connectivity index (χ1n) is 6.07. The van der Waals surface area contributed by atoms with Gasteiger partial charge in [0.15, 0.2) is 0 Å². The van der Waals surface area contributed by atoms with Gasteiger partial charge in [0.25, 0.3) is 0 Å². The van der Waals surface area contributed by atoms with Gasteiger partial charge in [0.2, 0.25) is 0 Å². The molecule has 0 aliphatic heterocycles. The van der Waals surface area contributed by atoms with Gasteiger partial charge in [-0.1, -0.05) is 25.1 Å². The zero-order valence-corrected chi connectivity index (χ0v) is 10.8. The minimum absolute atomic E-state index is 0.843. The van der Waals surface area contributed by atoms with Gasteiger partial charge in [-0.05, 0) is 26.7 Å². The molecule has 0 radical (unpaired) electrons. The summed E-state index contributed by atoms with van der Waals surface area (Å²) in [5.41, 5.74) is 2.27. The number of nitrogens with one attached hydrogen (secondary N) is 1. The van der Waals surface area contributed by atoms with Crippen molar-refractivity contribution in [3.63, 3.8) is 0 Å². The highest BCUT2D eigenvalue weighted by molar-refractivity contribution is 5.82. The van der Waals surface area contributed by atoms with Gasteiger partial charge in [-0.2, -0.15) is 0 Å². The van der Waals surface area contributed by atoms with Crippen molar-refractivity contribution >= 4 is 11.0 Å². The monoisotopic (exact) mass is 232 g/mol. The molecule has 2 rings (SSSR count). The third kappa shape index (κ3) is 2.68. The van der Waals surface area contributed by atoms with E-state index in [9.17, 15) is 0 Å². The molecule has 0 fully saturated rings. The van der Waals surface area contributed by atoms with Crippen molar-refractivity contribution in [2.45, 2.75) is 20.0 Å². The van der Waals surface area contributed by atoms with Crippen LogP contribution in [0.15, 0.2) is 28.7 Å². The minimum Gasteiger partial charge on any atom is -0.459 e. The van der Waals surface area contributed by atoms with Crippen LogP contribution in [-0.2, 0) is 13.1 Å². The fourth-order valence-corrected chi connectivity index (χ4v) is 2.01. The van der Waals surface area contributed by atoms with Crippen LogP contribution < -0.4 is 5.32 Å². The number of fused-ring (bicyclic) bond motifs is 1. The number of benzene rings is 1. The van der Waals surface area contributed by atoms with Crippen molar-refractivity contribution in [3.8, 4) is 0 Å². The summed E-state index contributed by atoms with van der Waals surface area (Å²) in [6, 6.07) is 8.24. The molecule has 0 aliphatic rings. The number of furan rings is 1. The third-order valence-corrected chi connectivity index (χ3v) is 2.79. The first-order valence-corrected chi connectivity index (χ1v) is 6.07. The second-order valence-electron chi connectivity index (χ2n) is 4.52. The average Bonchev–Trinajstić information content (AvgIpc) is 2.63. The van der Waals surface area contributed by atoms with E-state index in [0.29, 0.717) is 0 Å². The highest BCUT2D eigenvalue weighted by Crippen LogP contribution is 2.26. The first-order chi connectivity index (χ1) is 8.22. The van der Waals surface area contributed by atoms with E-state index in [2.05, 4.69) is 43.4 Å². The Morgan fingerprint density at radius 3 is 2.71 bits per heavy atom. The van der Waals surface area contributed by atoms with Crippen molar-refractivity contribution in [1.82, 2.24) is 10.2 Å². The van der Waals surface area contributed by atoms with Gasteiger partial charge >= 0.3 is 0 Å². The lowest BCUT2D eigenvalue weighted by Crippen LogP contribution is -2.15. The summed E-state index contributed by atoms with van der Waals surface area (Å²) in [4.78, 5) is 2.13. The number of hydrogen-bond donors (Lipinski definition) is 1. The molecule has 1 heterocycles. The van der Waals surface area contributed by atoms with Gasteiger partial charge in [-0.3, -0.25) is 0 Å². The molecule has 92 valence electrons. The number of hydrogen-bond acceptors (Lipinski definition) is 3. The van der Waals surface area contributed by atoms with Crippen LogP contribution in [-0.4, -0.2) is 25.5 Å². The molecule has 1 aromatic carbocycles. The van der Waals surface area contributed by atoms with Crippen LogP contribution in [0.1, 0.15) is 18.2 Å².